The van der Waals surface area contributed by atoms with Gasteiger partial charge in [0.15, 0.2) is 5.71 Å². The average Bonchev–Trinajstić information content (AvgIpc) is 3.32. The number of aryl methyl sites for hydroxylation is 1. The molecule has 0 bridgehead atoms. The average molecular weight is 614 g/mol. The number of aliphatic hydroxyl groups excluding tert-OH is 1. The van der Waals surface area contributed by atoms with Gasteiger partial charge in [0.2, 0.25) is 18.0 Å². The Hall–Kier alpha value is -4.63. The van der Waals surface area contributed by atoms with Gasteiger partial charge in [-0.25, -0.2) is 6.57 Å². The normalized spacial score (nSPS) is 20.0. The van der Waals surface area contributed by atoms with Gasteiger partial charge in [0, 0.05) is 60.3 Å². The van der Waals surface area contributed by atoms with Crippen LogP contribution in [0.5, 0.6) is 0 Å². The fraction of sp³-hybridized carbons (Fsp3) is 0.389. The van der Waals surface area contributed by atoms with Crippen molar-refractivity contribution in [2.45, 2.75) is 70.9 Å². The van der Waals surface area contributed by atoms with Crippen molar-refractivity contribution in [3.63, 3.8) is 0 Å². The third-order valence-corrected chi connectivity index (χ3v) is 9.15. The highest BCUT2D eigenvalue weighted by molar-refractivity contribution is 6.24. The second kappa shape index (κ2) is 11.4. The van der Waals surface area contributed by atoms with Crippen LogP contribution in [0.3, 0.4) is 0 Å². The minimum atomic E-state index is -4.51. The van der Waals surface area contributed by atoms with Crippen molar-refractivity contribution in [3.05, 3.63) is 105 Å². The maximum Gasteiger partial charge on any atom is 0.416 e. The molecule has 0 radical (unpaired) electrons. The van der Waals surface area contributed by atoms with E-state index in [9.17, 15) is 23.1 Å². The number of rotatable bonds is 8. The molecule has 6 nitrogen and oxygen atoms in total. The number of hydrogen-bond donors (Lipinski definition) is 1. The van der Waals surface area contributed by atoms with E-state index >= 15 is 0 Å². The number of benzene rings is 2. The Morgan fingerprint density at radius 3 is 2.44 bits per heavy atom. The lowest BCUT2D eigenvalue weighted by molar-refractivity contribution is -0.438. The summed E-state index contributed by atoms with van der Waals surface area (Å²) in [6.45, 7) is 18.3. The number of unbranched alkanes of at least 4 members (excludes halogenated alkanes) is 1. The van der Waals surface area contributed by atoms with E-state index < -0.39 is 22.6 Å². The van der Waals surface area contributed by atoms with Crippen LogP contribution < -0.4 is 4.90 Å². The predicted octanol–water partition coefficient (Wildman–Crippen LogP) is 8.01. The fourth-order valence-corrected chi connectivity index (χ4v) is 6.65. The van der Waals surface area contributed by atoms with Crippen molar-refractivity contribution in [1.82, 2.24) is 0 Å². The van der Waals surface area contributed by atoms with Crippen LogP contribution in [0.15, 0.2) is 71.2 Å². The molecule has 0 unspecified atom stereocenters. The molecule has 5 rings (SSSR count). The van der Waals surface area contributed by atoms with Gasteiger partial charge in [0.1, 0.15) is 12.3 Å². The van der Waals surface area contributed by atoms with Crippen molar-refractivity contribution in [3.8, 4) is 6.07 Å². The molecule has 2 aliphatic heterocycles. The lowest BCUT2D eigenvalue weighted by atomic mass is 9.77. The molecule has 0 amide bonds. The number of carbonyl (C=O) groups is 1. The van der Waals surface area contributed by atoms with Crippen molar-refractivity contribution < 1.29 is 27.6 Å². The van der Waals surface area contributed by atoms with E-state index in [0.29, 0.717) is 49.4 Å². The second-order valence-electron chi connectivity index (χ2n) is 12.9. The molecule has 0 aromatic heterocycles. The number of ketones is 1. The summed E-state index contributed by atoms with van der Waals surface area (Å²) in [6.07, 6.45) is 0.196. The second-order valence-corrected chi connectivity index (χ2v) is 12.9. The molecule has 0 saturated heterocycles. The number of anilines is 1. The molecule has 0 fully saturated rings. The van der Waals surface area contributed by atoms with Crippen LogP contribution in [-0.4, -0.2) is 40.8 Å². The summed E-state index contributed by atoms with van der Waals surface area (Å²) in [7, 11) is 0. The molecule has 1 N–H and O–H groups in total. The first-order chi connectivity index (χ1) is 21.1. The monoisotopic (exact) mass is 613 g/mol. The van der Waals surface area contributed by atoms with E-state index in [4.69, 9.17) is 11.8 Å². The highest BCUT2D eigenvalue weighted by atomic mass is 19.4. The lowest BCUT2D eigenvalue weighted by Gasteiger charge is -2.29. The third-order valence-electron chi connectivity index (χ3n) is 9.15. The maximum atomic E-state index is 13.7. The molecule has 3 aliphatic rings. The van der Waals surface area contributed by atoms with Gasteiger partial charge >= 0.3 is 6.18 Å². The number of allylic oxidation sites excluding steroid dienone is 5. The molecule has 1 aliphatic carbocycles. The topological polar surface area (TPSA) is 71.7 Å². The number of aliphatic hydroxyl groups is 1. The number of hydrogen-bond acceptors (Lipinski definition) is 4. The standard InChI is InChI=1S/C36H35F3N4O2/c1-22-10-12-28-26(18-22)34(2,3)30(43(28)17-9-15-41-6)20-24-32(44)25(33(24)45)21-31-35(4,5)27-19-23(36(37,38)39)11-13-29(27)42(31)16-8-7-14-40/h10-13,18-21H,7-9,15-17H2,1-5H3/p+1. The Balaban J connectivity index is 1.58. The van der Waals surface area contributed by atoms with E-state index in [1.807, 2.05) is 17.6 Å². The molecule has 2 heterocycles. The number of halogens is 3. The molecule has 0 atom stereocenters. The van der Waals surface area contributed by atoms with Crippen LogP contribution in [0.2, 0.25) is 0 Å². The lowest BCUT2D eigenvalue weighted by Crippen LogP contribution is -2.32. The van der Waals surface area contributed by atoms with E-state index in [-0.39, 0.29) is 29.1 Å². The highest BCUT2D eigenvalue weighted by Gasteiger charge is 2.48. The van der Waals surface area contributed by atoms with E-state index in [0.717, 1.165) is 34.6 Å². The number of nitrogens with zero attached hydrogens (tertiary/aromatic N) is 4. The first-order valence-corrected chi connectivity index (χ1v) is 15.0. The Kier molecular flexibility index (Phi) is 8.04. The van der Waals surface area contributed by atoms with Gasteiger partial charge in [-0.05, 0) is 50.6 Å². The maximum absolute atomic E-state index is 13.7. The molecular formula is C36H36F3N4O2+. The summed E-state index contributed by atoms with van der Waals surface area (Å²) >= 11 is 0. The zero-order chi connectivity index (χ0) is 32.9. The molecule has 2 aromatic carbocycles. The summed E-state index contributed by atoms with van der Waals surface area (Å²) in [6, 6.07) is 12.0. The van der Waals surface area contributed by atoms with Gasteiger partial charge in [-0.2, -0.15) is 23.0 Å². The first kappa shape index (κ1) is 31.8. The van der Waals surface area contributed by atoms with Gasteiger partial charge in [0.25, 0.3) is 0 Å². The molecule has 9 heteroatoms. The van der Waals surface area contributed by atoms with Gasteiger partial charge in [0.05, 0.1) is 28.2 Å². The van der Waals surface area contributed by atoms with Gasteiger partial charge in [-0.15, -0.1) is 0 Å². The Labute approximate surface area is 261 Å². The van der Waals surface area contributed by atoms with Crippen molar-refractivity contribution in [2.75, 3.05) is 24.5 Å². The predicted molar refractivity (Wildman–Crippen MR) is 168 cm³/mol. The first-order valence-electron chi connectivity index (χ1n) is 15.0. The van der Waals surface area contributed by atoms with Crippen molar-refractivity contribution >= 4 is 22.9 Å². The summed E-state index contributed by atoms with van der Waals surface area (Å²) in [5, 5.41) is 20.4. The summed E-state index contributed by atoms with van der Waals surface area (Å²) in [5.41, 5.74) is 3.85. The van der Waals surface area contributed by atoms with Gasteiger partial charge in [-0.1, -0.05) is 31.5 Å². The van der Waals surface area contributed by atoms with Crippen molar-refractivity contribution in [2.24, 2.45) is 0 Å². The molecule has 232 valence electrons. The van der Waals surface area contributed by atoms with Gasteiger partial charge in [-0.3, -0.25) is 4.79 Å². The molecule has 2 aromatic rings. The highest BCUT2D eigenvalue weighted by Crippen LogP contribution is 2.50. The number of fused-ring (bicyclic) bond motifs is 2. The summed E-state index contributed by atoms with van der Waals surface area (Å²) < 4.78 is 42.8. The summed E-state index contributed by atoms with van der Waals surface area (Å²) in [4.78, 5) is 19.3. The largest absolute Gasteiger partial charge is 0.506 e. The quantitative estimate of drug-likeness (QED) is 0.142. The van der Waals surface area contributed by atoms with Gasteiger partial charge < -0.3 is 14.9 Å². The van der Waals surface area contributed by atoms with Crippen LogP contribution in [0.1, 0.15) is 69.2 Å². The Morgan fingerprint density at radius 1 is 1.07 bits per heavy atom. The van der Waals surface area contributed by atoms with Crippen molar-refractivity contribution in [1.29, 1.82) is 5.26 Å². The smallest absolute Gasteiger partial charge is 0.416 e. The molecule has 0 saturated carbocycles. The van der Waals surface area contributed by atoms with E-state index in [1.165, 1.54) is 6.07 Å². The van der Waals surface area contributed by atoms with Crippen LogP contribution in [0, 0.1) is 24.8 Å². The van der Waals surface area contributed by atoms with Crippen LogP contribution in [0.4, 0.5) is 24.5 Å². The van der Waals surface area contributed by atoms with Crippen LogP contribution in [-0.2, 0) is 21.8 Å². The van der Waals surface area contributed by atoms with Crippen LogP contribution >= 0.6 is 0 Å². The number of alkyl halides is 3. The third kappa shape index (κ3) is 5.35. The summed E-state index contributed by atoms with van der Waals surface area (Å²) in [5.74, 6) is -0.514. The Morgan fingerprint density at radius 2 is 1.80 bits per heavy atom. The number of carbonyl (C=O) groups excluding carboxylic acids is 1. The van der Waals surface area contributed by atoms with E-state index in [2.05, 4.69) is 41.8 Å². The SMILES string of the molecule is [C-]#[N+]CCCN1C(=CC2=C(O)C(=CC3=[N+](CCCC#N)c4ccc(C(F)(F)F)cc4C3(C)C)C2=O)C(C)(C)c2cc(C)ccc21. The minimum Gasteiger partial charge on any atom is -0.506 e. The fourth-order valence-electron chi connectivity index (χ4n) is 6.65. The number of nitriles is 1. The zero-order valence-electron chi connectivity index (χ0n) is 26.1. The zero-order valence-corrected chi connectivity index (χ0v) is 26.1. The molecule has 45 heavy (non-hydrogen) atoms. The minimum absolute atomic E-state index is 0.0998. The van der Waals surface area contributed by atoms with E-state index in [1.54, 1.807) is 26.0 Å². The molecule has 0 spiro atoms. The number of Topliss-reactive ketones (excluding diaryl/α,β-unsaturated/α-hetero) is 1. The molecular weight excluding hydrogens is 577 g/mol. The Bertz CT molecular complexity index is 1810. The van der Waals surface area contributed by atoms with Crippen LogP contribution in [0.25, 0.3) is 4.85 Å².